The SMILES string of the molecule is CCN(CC)CCN(CCC(=O)OC)C(=O)c1ccc(Br)cc1. The number of likely N-dealkylation sites (N-methyl/N-ethyl adjacent to an activating group) is 1. The van der Waals surface area contributed by atoms with Crippen LogP contribution in [0.5, 0.6) is 0 Å². The number of methoxy groups -OCH3 is 1. The Bertz CT molecular complexity index is 501. The van der Waals surface area contributed by atoms with Gasteiger partial charge in [0.2, 0.25) is 0 Å². The van der Waals surface area contributed by atoms with E-state index < -0.39 is 0 Å². The molecule has 0 heterocycles. The van der Waals surface area contributed by atoms with Crippen LogP contribution in [0.25, 0.3) is 0 Å². The van der Waals surface area contributed by atoms with Gasteiger partial charge in [-0.15, -0.1) is 0 Å². The number of rotatable bonds is 9. The Hall–Kier alpha value is -1.40. The standard InChI is InChI=1S/C17H25BrN2O3/c1-4-19(5-2)12-13-20(11-10-16(21)23-3)17(22)14-6-8-15(18)9-7-14/h6-9H,4-5,10-13H2,1-3H3. The van der Waals surface area contributed by atoms with Crippen LogP contribution in [0, 0.1) is 0 Å². The van der Waals surface area contributed by atoms with E-state index in [-0.39, 0.29) is 18.3 Å². The molecule has 0 radical (unpaired) electrons. The minimum atomic E-state index is -0.304. The van der Waals surface area contributed by atoms with Crippen molar-refractivity contribution < 1.29 is 14.3 Å². The lowest BCUT2D eigenvalue weighted by atomic mass is 10.2. The molecule has 0 aromatic heterocycles. The second-order valence-corrected chi connectivity index (χ2v) is 6.07. The number of hydrogen-bond donors (Lipinski definition) is 0. The number of esters is 1. The summed E-state index contributed by atoms with van der Waals surface area (Å²) < 4.78 is 5.61. The van der Waals surface area contributed by atoms with Crippen molar-refractivity contribution in [3.8, 4) is 0 Å². The van der Waals surface area contributed by atoms with Crippen LogP contribution < -0.4 is 0 Å². The zero-order valence-electron chi connectivity index (χ0n) is 14.0. The molecule has 128 valence electrons. The molecule has 0 saturated heterocycles. The normalized spacial score (nSPS) is 10.7. The fraction of sp³-hybridized carbons (Fsp3) is 0.529. The van der Waals surface area contributed by atoms with Crippen LogP contribution in [0.3, 0.4) is 0 Å². The minimum absolute atomic E-state index is 0.0615. The molecule has 0 N–H and O–H groups in total. The minimum Gasteiger partial charge on any atom is -0.469 e. The summed E-state index contributed by atoms with van der Waals surface area (Å²) in [6.07, 6.45) is 0.205. The van der Waals surface area contributed by atoms with Crippen LogP contribution in [0.1, 0.15) is 30.6 Å². The van der Waals surface area contributed by atoms with Crippen LogP contribution >= 0.6 is 15.9 Å². The van der Waals surface area contributed by atoms with E-state index >= 15 is 0 Å². The van der Waals surface area contributed by atoms with Crippen LogP contribution in [-0.4, -0.2) is 61.5 Å². The number of hydrogen-bond acceptors (Lipinski definition) is 4. The lowest BCUT2D eigenvalue weighted by Gasteiger charge is -2.26. The highest BCUT2D eigenvalue weighted by atomic mass is 79.9. The van der Waals surface area contributed by atoms with Gasteiger partial charge in [-0.3, -0.25) is 9.59 Å². The first-order chi connectivity index (χ1) is 11.0. The van der Waals surface area contributed by atoms with E-state index in [1.807, 2.05) is 12.1 Å². The number of nitrogens with zero attached hydrogens (tertiary/aromatic N) is 2. The summed E-state index contributed by atoms with van der Waals surface area (Å²) in [6.45, 7) is 7.81. The predicted octanol–water partition coefficient (Wildman–Crippen LogP) is 2.80. The number of halogens is 1. The lowest BCUT2D eigenvalue weighted by molar-refractivity contribution is -0.140. The predicted molar refractivity (Wildman–Crippen MR) is 94.5 cm³/mol. The fourth-order valence-electron chi connectivity index (χ4n) is 2.22. The van der Waals surface area contributed by atoms with E-state index in [1.54, 1.807) is 17.0 Å². The van der Waals surface area contributed by atoms with E-state index in [2.05, 4.69) is 39.4 Å². The summed E-state index contributed by atoms with van der Waals surface area (Å²) in [7, 11) is 1.36. The van der Waals surface area contributed by atoms with Crippen molar-refractivity contribution in [2.45, 2.75) is 20.3 Å². The van der Waals surface area contributed by atoms with Gasteiger partial charge in [0.15, 0.2) is 0 Å². The topological polar surface area (TPSA) is 49.9 Å². The third-order valence-corrected chi connectivity index (χ3v) is 4.30. The highest BCUT2D eigenvalue weighted by Gasteiger charge is 2.17. The Morgan fingerprint density at radius 1 is 1.04 bits per heavy atom. The zero-order valence-corrected chi connectivity index (χ0v) is 15.6. The molecule has 6 heteroatoms. The molecule has 0 saturated carbocycles. The third-order valence-electron chi connectivity index (χ3n) is 3.77. The van der Waals surface area contributed by atoms with Crippen molar-refractivity contribution in [3.63, 3.8) is 0 Å². The van der Waals surface area contributed by atoms with Gasteiger partial charge in [0.25, 0.3) is 5.91 Å². The molecular weight excluding hydrogens is 360 g/mol. The molecule has 0 aliphatic heterocycles. The summed E-state index contributed by atoms with van der Waals surface area (Å²) in [6, 6.07) is 7.26. The van der Waals surface area contributed by atoms with Gasteiger partial charge in [-0.05, 0) is 37.4 Å². The number of amides is 1. The summed E-state index contributed by atoms with van der Waals surface area (Å²) in [4.78, 5) is 28.1. The molecule has 0 atom stereocenters. The molecule has 1 amide bonds. The number of carbonyl (C=O) groups excluding carboxylic acids is 2. The Labute approximate surface area is 146 Å². The van der Waals surface area contributed by atoms with Crippen molar-refractivity contribution in [1.29, 1.82) is 0 Å². The zero-order chi connectivity index (χ0) is 17.2. The van der Waals surface area contributed by atoms with Crippen LogP contribution in [-0.2, 0) is 9.53 Å². The molecule has 1 aromatic rings. The highest BCUT2D eigenvalue weighted by molar-refractivity contribution is 9.10. The maximum absolute atomic E-state index is 12.7. The van der Waals surface area contributed by atoms with Crippen LogP contribution in [0.4, 0.5) is 0 Å². The van der Waals surface area contributed by atoms with Gasteiger partial charge in [0.05, 0.1) is 13.5 Å². The van der Waals surface area contributed by atoms with Crippen molar-refractivity contribution in [2.75, 3.05) is 39.8 Å². The maximum atomic E-state index is 12.7. The molecule has 1 aromatic carbocycles. The molecule has 5 nitrogen and oxygen atoms in total. The Balaban J connectivity index is 2.77. The summed E-state index contributed by atoms with van der Waals surface area (Å²) in [5.74, 6) is -0.366. The van der Waals surface area contributed by atoms with E-state index in [4.69, 9.17) is 0 Å². The molecule has 1 rings (SSSR count). The molecule has 0 unspecified atom stereocenters. The van der Waals surface area contributed by atoms with Crippen molar-refractivity contribution in [2.24, 2.45) is 0 Å². The van der Waals surface area contributed by atoms with Gasteiger partial charge >= 0.3 is 5.97 Å². The second kappa shape index (κ2) is 10.4. The third kappa shape index (κ3) is 6.71. The number of carbonyl (C=O) groups is 2. The van der Waals surface area contributed by atoms with E-state index in [9.17, 15) is 9.59 Å². The molecule has 0 fully saturated rings. The van der Waals surface area contributed by atoms with Gasteiger partial charge in [-0.2, -0.15) is 0 Å². The van der Waals surface area contributed by atoms with Gasteiger partial charge in [0.1, 0.15) is 0 Å². The molecule has 0 aliphatic rings. The van der Waals surface area contributed by atoms with E-state index in [0.29, 0.717) is 18.7 Å². The van der Waals surface area contributed by atoms with Gasteiger partial charge < -0.3 is 14.5 Å². The second-order valence-electron chi connectivity index (χ2n) is 5.15. The molecular formula is C17H25BrN2O3. The summed E-state index contributed by atoms with van der Waals surface area (Å²) in [5.41, 5.74) is 0.623. The monoisotopic (exact) mass is 384 g/mol. The highest BCUT2D eigenvalue weighted by Crippen LogP contribution is 2.13. The van der Waals surface area contributed by atoms with E-state index in [0.717, 1.165) is 24.1 Å². The first-order valence-corrected chi connectivity index (χ1v) is 8.65. The lowest BCUT2D eigenvalue weighted by Crippen LogP contribution is -2.39. The molecule has 23 heavy (non-hydrogen) atoms. The first kappa shape index (κ1) is 19.6. The fourth-order valence-corrected chi connectivity index (χ4v) is 2.48. The molecule has 0 spiro atoms. The Morgan fingerprint density at radius 3 is 2.17 bits per heavy atom. The van der Waals surface area contributed by atoms with Crippen molar-refractivity contribution in [1.82, 2.24) is 9.80 Å². The summed E-state index contributed by atoms with van der Waals surface area (Å²) >= 11 is 3.37. The van der Waals surface area contributed by atoms with Crippen LogP contribution in [0.2, 0.25) is 0 Å². The van der Waals surface area contributed by atoms with Crippen LogP contribution in [0.15, 0.2) is 28.7 Å². The Morgan fingerprint density at radius 2 is 1.65 bits per heavy atom. The first-order valence-electron chi connectivity index (χ1n) is 7.85. The summed E-state index contributed by atoms with van der Waals surface area (Å²) in [5, 5.41) is 0. The number of benzene rings is 1. The average Bonchev–Trinajstić information content (AvgIpc) is 2.58. The maximum Gasteiger partial charge on any atom is 0.307 e. The van der Waals surface area contributed by atoms with E-state index in [1.165, 1.54) is 7.11 Å². The Kier molecular flexibility index (Phi) is 8.87. The molecule has 0 aliphatic carbocycles. The largest absolute Gasteiger partial charge is 0.469 e. The van der Waals surface area contributed by atoms with Gasteiger partial charge in [-0.25, -0.2) is 0 Å². The smallest absolute Gasteiger partial charge is 0.307 e. The average molecular weight is 385 g/mol. The molecule has 0 bridgehead atoms. The van der Waals surface area contributed by atoms with Gasteiger partial charge in [0, 0.05) is 29.7 Å². The van der Waals surface area contributed by atoms with Crippen molar-refractivity contribution >= 4 is 27.8 Å². The van der Waals surface area contributed by atoms with Gasteiger partial charge in [-0.1, -0.05) is 29.8 Å². The quantitative estimate of drug-likeness (QED) is 0.614. The van der Waals surface area contributed by atoms with Crippen molar-refractivity contribution in [3.05, 3.63) is 34.3 Å². The number of ether oxygens (including phenoxy) is 1.